The van der Waals surface area contributed by atoms with Crippen molar-refractivity contribution in [3.05, 3.63) is 95.8 Å². The highest BCUT2D eigenvalue weighted by atomic mass is 19.4. The Hall–Kier alpha value is -3.87. The summed E-state index contributed by atoms with van der Waals surface area (Å²) in [5.74, 6) is -0.261. The molecular formula is C25H20F3N3O. The van der Waals surface area contributed by atoms with Gasteiger partial charge in [0, 0.05) is 17.4 Å². The van der Waals surface area contributed by atoms with Gasteiger partial charge in [0.25, 0.3) is 5.91 Å². The molecule has 7 heteroatoms. The second-order valence-electron chi connectivity index (χ2n) is 7.53. The fourth-order valence-electron chi connectivity index (χ4n) is 3.57. The molecule has 0 bridgehead atoms. The van der Waals surface area contributed by atoms with E-state index < -0.39 is 11.7 Å². The van der Waals surface area contributed by atoms with E-state index in [0.717, 1.165) is 28.5 Å². The molecular weight excluding hydrogens is 415 g/mol. The summed E-state index contributed by atoms with van der Waals surface area (Å²) in [6.45, 7) is 1.82. The van der Waals surface area contributed by atoms with Crippen LogP contribution in [0.15, 0.2) is 79.0 Å². The van der Waals surface area contributed by atoms with Crippen molar-refractivity contribution in [3.8, 4) is 11.1 Å². The average molecular weight is 435 g/mol. The van der Waals surface area contributed by atoms with E-state index in [0.29, 0.717) is 22.5 Å². The van der Waals surface area contributed by atoms with Gasteiger partial charge in [-0.05, 0) is 65.2 Å². The van der Waals surface area contributed by atoms with Crippen LogP contribution in [0.5, 0.6) is 0 Å². The van der Waals surface area contributed by atoms with Crippen LogP contribution in [-0.2, 0) is 6.18 Å². The molecule has 0 saturated heterocycles. The van der Waals surface area contributed by atoms with Gasteiger partial charge in [0.1, 0.15) is 0 Å². The molecule has 0 spiro atoms. The molecule has 32 heavy (non-hydrogen) atoms. The summed E-state index contributed by atoms with van der Waals surface area (Å²) in [7, 11) is 0. The number of benzene rings is 3. The second-order valence-corrected chi connectivity index (χ2v) is 7.53. The zero-order chi connectivity index (χ0) is 22.9. The molecule has 1 heterocycles. The molecule has 4 aromatic rings. The normalized spacial score (nSPS) is 12.5. The highest BCUT2D eigenvalue weighted by Crippen LogP contribution is 2.33. The SMILES string of the molecule is C[C@H](NC(=O)c1ccc2c(-c3ccc(C(F)(F)F)cc3)cccc2c1)c1cc(N)ccn1. The molecule has 0 aliphatic carbocycles. The lowest BCUT2D eigenvalue weighted by Crippen LogP contribution is -2.27. The summed E-state index contributed by atoms with van der Waals surface area (Å²) in [4.78, 5) is 17.0. The van der Waals surface area contributed by atoms with Crippen molar-refractivity contribution in [2.24, 2.45) is 0 Å². The highest BCUT2D eigenvalue weighted by molar-refractivity contribution is 6.02. The van der Waals surface area contributed by atoms with E-state index in [9.17, 15) is 18.0 Å². The zero-order valence-corrected chi connectivity index (χ0v) is 17.1. The lowest BCUT2D eigenvalue weighted by molar-refractivity contribution is -0.137. The number of hydrogen-bond acceptors (Lipinski definition) is 3. The average Bonchev–Trinajstić information content (AvgIpc) is 2.77. The van der Waals surface area contributed by atoms with Gasteiger partial charge in [-0.1, -0.05) is 36.4 Å². The smallest absolute Gasteiger partial charge is 0.399 e. The molecule has 1 amide bonds. The van der Waals surface area contributed by atoms with Crippen molar-refractivity contribution in [1.29, 1.82) is 0 Å². The van der Waals surface area contributed by atoms with E-state index in [2.05, 4.69) is 10.3 Å². The maximum Gasteiger partial charge on any atom is 0.416 e. The van der Waals surface area contributed by atoms with Gasteiger partial charge in [-0.25, -0.2) is 0 Å². The number of hydrogen-bond donors (Lipinski definition) is 2. The highest BCUT2D eigenvalue weighted by Gasteiger charge is 2.30. The summed E-state index contributed by atoms with van der Waals surface area (Å²) in [6, 6.07) is 18.9. The van der Waals surface area contributed by atoms with E-state index in [1.807, 2.05) is 25.1 Å². The van der Waals surface area contributed by atoms with E-state index in [1.165, 1.54) is 12.1 Å². The van der Waals surface area contributed by atoms with Crippen molar-refractivity contribution in [2.75, 3.05) is 5.73 Å². The first kappa shape index (κ1) is 21.4. The van der Waals surface area contributed by atoms with Crippen molar-refractivity contribution >= 4 is 22.4 Å². The maximum atomic E-state index is 12.9. The van der Waals surface area contributed by atoms with Crippen LogP contribution in [0.2, 0.25) is 0 Å². The van der Waals surface area contributed by atoms with Gasteiger partial charge in [-0.2, -0.15) is 13.2 Å². The third-order valence-electron chi connectivity index (χ3n) is 5.26. The number of nitrogen functional groups attached to an aromatic ring is 1. The number of fused-ring (bicyclic) bond motifs is 1. The van der Waals surface area contributed by atoms with Gasteiger partial charge in [0.15, 0.2) is 0 Å². The van der Waals surface area contributed by atoms with E-state index in [-0.39, 0.29) is 11.9 Å². The van der Waals surface area contributed by atoms with Crippen molar-refractivity contribution in [1.82, 2.24) is 10.3 Å². The number of anilines is 1. The van der Waals surface area contributed by atoms with Crippen LogP contribution < -0.4 is 11.1 Å². The molecule has 1 atom stereocenters. The van der Waals surface area contributed by atoms with Gasteiger partial charge < -0.3 is 11.1 Å². The van der Waals surface area contributed by atoms with Crippen LogP contribution in [0.3, 0.4) is 0 Å². The van der Waals surface area contributed by atoms with Gasteiger partial charge in [0.2, 0.25) is 0 Å². The number of alkyl halides is 3. The molecule has 0 aliphatic heterocycles. The van der Waals surface area contributed by atoms with Gasteiger partial charge in [-0.15, -0.1) is 0 Å². The minimum atomic E-state index is -4.38. The molecule has 3 N–H and O–H groups in total. The molecule has 0 unspecified atom stereocenters. The topological polar surface area (TPSA) is 68.0 Å². The lowest BCUT2D eigenvalue weighted by Gasteiger charge is -2.15. The first-order valence-electron chi connectivity index (χ1n) is 9.95. The standard InChI is InChI=1S/C25H20F3N3O/c1-15(23-14-20(29)11-12-30-23)31-24(32)18-7-10-22-17(13-18)3-2-4-21(22)16-5-8-19(9-6-16)25(26,27)28/h2-15H,1H3,(H2,29,30)(H,31,32)/t15-/m0/s1. The van der Waals surface area contributed by atoms with E-state index in [4.69, 9.17) is 5.73 Å². The van der Waals surface area contributed by atoms with Gasteiger partial charge in [-0.3, -0.25) is 9.78 Å². The summed E-state index contributed by atoms with van der Waals surface area (Å²) >= 11 is 0. The van der Waals surface area contributed by atoms with E-state index in [1.54, 1.807) is 36.5 Å². The Morgan fingerprint density at radius 3 is 2.44 bits per heavy atom. The number of halogens is 3. The maximum absolute atomic E-state index is 12.9. The monoisotopic (exact) mass is 435 g/mol. The summed E-state index contributed by atoms with van der Waals surface area (Å²) in [6.07, 6.45) is -2.79. The number of nitrogens with one attached hydrogen (secondary N) is 1. The number of pyridine rings is 1. The van der Waals surface area contributed by atoms with Crippen LogP contribution in [0.4, 0.5) is 18.9 Å². The first-order chi connectivity index (χ1) is 15.2. The second kappa shape index (κ2) is 8.34. The molecule has 1 aromatic heterocycles. The third-order valence-corrected chi connectivity index (χ3v) is 5.26. The molecule has 0 radical (unpaired) electrons. The minimum absolute atomic E-state index is 0.261. The third kappa shape index (κ3) is 4.42. The first-order valence-corrected chi connectivity index (χ1v) is 9.95. The van der Waals surface area contributed by atoms with Crippen molar-refractivity contribution in [2.45, 2.75) is 19.1 Å². The van der Waals surface area contributed by atoms with Crippen LogP contribution in [0, 0.1) is 0 Å². The van der Waals surface area contributed by atoms with Gasteiger partial charge >= 0.3 is 6.18 Å². The molecule has 4 rings (SSSR count). The molecule has 3 aromatic carbocycles. The largest absolute Gasteiger partial charge is 0.416 e. The molecule has 0 fully saturated rings. The van der Waals surface area contributed by atoms with Crippen LogP contribution in [-0.4, -0.2) is 10.9 Å². The number of carbonyl (C=O) groups excluding carboxylic acids is 1. The van der Waals surface area contributed by atoms with E-state index >= 15 is 0 Å². The number of amides is 1. The number of rotatable bonds is 4. The van der Waals surface area contributed by atoms with Crippen LogP contribution in [0.25, 0.3) is 21.9 Å². The molecule has 162 valence electrons. The quantitative estimate of drug-likeness (QED) is 0.414. The minimum Gasteiger partial charge on any atom is -0.399 e. The Kier molecular flexibility index (Phi) is 5.57. The van der Waals surface area contributed by atoms with Gasteiger partial charge in [0.05, 0.1) is 17.3 Å². The van der Waals surface area contributed by atoms with Crippen molar-refractivity contribution in [3.63, 3.8) is 0 Å². The Labute approximate surface area is 182 Å². The molecule has 4 nitrogen and oxygen atoms in total. The van der Waals surface area contributed by atoms with Crippen LogP contribution in [0.1, 0.15) is 34.6 Å². The molecule has 0 aliphatic rings. The predicted molar refractivity (Wildman–Crippen MR) is 119 cm³/mol. The Bertz CT molecular complexity index is 1280. The summed E-state index contributed by atoms with van der Waals surface area (Å²) in [5.41, 5.74) is 8.25. The van der Waals surface area contributed by atoms with Crippen molar-refractivity contribution < 1.29 is 18.0 Å². The number of carbonyl (C=O) groups is 1. The Morgan fingerprint density at radius 2 is 1.75 bits per heavy atom. The lowest BCUT2D eigenvalue weighted by atomic mass is 9.96. The summed E-state index contributed by atoms with van der Waals surface area (Å²) < 4.78 is 38.6. The van der Waals surface area contributed by atoms with Crippen LogP contribution >= 0.6 is 0 Å². The number of nitrogens with zero attached hydrogens (tertiary/aromatic N) is 1. The Balaban J connectivity index is 1.61. The fourth-order valence-corrected chi connectivity index (χ4v) is 3.57. The fraction of sp³-hybridized carbons (Fsp3) is 0.120. The molecule has 0 saturated carbocycles. The predicted octanol–water partition coefficient (Wildman–Crippen LogP) is 5.99. The summed E-state index contributed by atoms with van der Waals surface area (Å²) in [5, 5.41) is 4.56. The number of nitrogens with two attached hydrogens (primary N) is 1. The zero-order valence-electron chi connectivity index (χ0n) is 17.1. The Morgan fingerprint density at radius 1 is 1.00 bits per heavy atom. The number of aromatic nitrogens is 1.